The van der Waals surface area contributed by atoms with E-state index in [0.717, 1.165) is 41.5 Å². The summed E-state index contributed by atoms with van der Waals surface area (Å²) in [5.41, 5.74) is -0.393. The van der Waals surface area contributed by atoms with Gasteiger partial charge >= 0.3 is 18.4 Å². The highest BCUT2D eigenvalue weighted by Crippen LogP contribution is 2.33. The summed E-state index contributed by atoms with van der Waals surface area (Å²) >= 11 is 0. The largest absolute Gasteiger partial charge is 0.416 e. The third-order valence-corrected chi connectivity index (χ3v) is 4.97. The summed E-state index contributed by atoms with van der Waals surface area (Å²) in [7, 11) is 0. The Kier molecular flexibility index (Phi) is 7.52. The Hall–Kier alpha value is -3.82. The van der Waals surface area contributed by atoms with E-state index in [-0.39, 0.29) is 35.6 Å². The lowest BCUT2D eigenvalue weighted by molar-refractivity contribution is -0.138. The first-order valence-electron chi connectivity index (χ1n) is 10.3. The van der Waals surface area contributed by atoms with E-state index in [1.807, 2.05) is 19.1 Å². The maximum absolute atomic E-state index is 13.4. The average Bonchev–Trinajstić information content (AvgIpc) is 2.74. The molecule has 0 aliphatic rings. The molecule has 3 aromatic rings. The standard InChI is InChI=1S/C25H20F6N2O2/c1-15-2-4-16(5-3-15)12-22(34)13-17-10-19(25(29,30)31)14-21(11-17)33-23(35)32-20-8-6-18(7-9-20)24(26,27)28/h2-11,14H,12-13H2,1H3,(H2,32,33,35). The Morgan fingerprint density at radius 3 is 1.77 bits per heavy atom. The van der Waals surface area contributed by atoms with Crippen molar-refractivity contribution in [3.63, 3.8) is 0 Å². The number of amides is 2. The summed E-state index contributed by atoms with van der Waals surface area (Å²) in [4.78, 5) is 24.7. The van der Waals surface area contributed by atoms with Crippen LogP contribution in [0.5, 0.6) is 0 Å². The van der Waals surface area contributed by atoms with E-state index in [9.17, 15) is 35.9 Å². The van der Waals surface area contributed by atoms with Crippen LogP contribution in [0.3, 0.4) is 0 Å². The second kappa shape index (κ2) is 10.2. The van der Waals surface area contributed by atoms with Crippen LogP contribution in [0, 0.1) is 6.92 Å². The van der Waals surface area contributed by atoms with Gasteiger partial charge < -0.3 is 10.6 Å². The van der Waals surface area contributed by atoms with Gasteiger partial charge in [0.1, 0.15) is 5.78 Å². The first-order chi connectivity index (χ1) is 16.3. The van der Waals surface area contributed by atoms with Gasteiger partial charge in [0.05, 0.1) is 11.1 Å². The van der Waals surface area contributed by atoms with E-state index in [0.29, 0.717) is 6.07 Å². The lowest BCUT2D eigenvalue weighted by atomic mass is 10.00. The van der Waals surface area contributed by atoms with E-state index in [1.54, 1.807) is 12.1 Å². The molecule has 0 bridgehead atoms. The van der Waals surface area contributed by atoms with Gasteiger partial charge in [-0.25, -0.2) is 4.79 Å². The number of carbonyl (C=O) groups excluding carboxylic acids is 2. The molecule has 3 aromatic carbocycles. The van der Waals surface area contributed by atoms with Crippen LogP contribution < -0.4 is 10.6 Å². The highest BCUT2D eigenvalue weighted by atomic mass is 19.4. The summed E-state index contributed by atoms with van der Waals surface area (Å²) in [5.74, 6) is -0.312. The molecule has 0 aromatic heterocycles. The minimum atomic E-state index is -4.73. The fourth-order valence-corrected chi connectivity index (χ4v) is 3.29. The van der Waals surface area contributed by atoms with Gasteiger partial charge in [-0.1, -0.05) is 29.8 Å². The van der Waals surface area contributed by atoms with Gasteiger partial charge in [0.2, 0.25) is 0 Å². The van der Waals surface area contributed by atoms with Crippen LogP contribution in [0.15, 0.2) is 66.7 Å². The van der Waals surface area contributed by atoms with Gasteiger partial charge in [0, 0.05) is 24.2 Å². The Morgan fingerprint density at radius 2 is 1.20 bits per heavy atom. The molecule has 2 amide bonds. The lowest BCUT2D eigenvalue weighted by Crippen LogP contribution is -2.20. The third kappa shape index (κ3) is 7.59. The zero-order chi connectivity index (χ0) is 25.8. The number of hydrogen-bond acceptors (Lipinski definition) is 2. The van der Waals surface area contributed by atoms with Crippen LogP contribution in [-0.4, -0.2) is 11.8 Å². The summed E-state index contributed by atoms with van der Waals surface area (Å²) in [5, 5.41) is 4.49. The number of hydrogen-bond donors (Lipinski definition) is 2. The number of urea groups is 1. The first-order valence-corrected chi connectivity index (χ1v) is 10.3. The molecular weight excluding hydrogens is 474 g/mol. The van der Waals surface area contributed by atoms with E-state index < -0.39 is 29.5 Å². The molecule has 2 N–H and O–H groups in total. The highest BCUT2D eigenvalue weighted by molar-refractivity contribution is 6.00. The molecule has 0 atom stereocenters. The van der Waals surface area contributed by atoms with Gasteiger partial charge in [-0.2, -0.15) is 26.3 Å². The summed E-state index contributed by atoms with van der Waals surface area (Å²) in [6.07, 6.45) is -9.52. The Balaban J connectivity index is 1.73. The SMILES string of the molecule is Cc1ccc(CC(=O)Cc2cc(NC(=O)Nc3ccc(C(F)(F)F)cc3)cc(C(F)(F)F)c2)cc1. The van der Waals surface area contributed by atoms with Gasteiger partial charge in [0.25, 0.3) is 0 Å². The molecule has 4 nitrogen and oxygen atoms in total. The molecule has 0 heterocycles. The number of nitrogens with one attached hydrogen (secondary N) is 2. The van der Waals surface area contributed by atoms with Crippen molar-refractivity contribution < 1.29 is 35.9 Å². The minimum absolute atomic E-state index is 0.0102. The molecule has 3 rings (SSSR count). The fraction of sp³-hybridized carbons (Fsp3) is 0.200. The van der Waals surface area contributed by atoms with E-state index >= 15 is 0 Å². The predicted octanol–water partition coefficient (Wildman–Crippen LogP) is 7.03. The van der Waals surface area contributed by atoms with E-state index in [2.05, 4.69) is 10.6 Å². The molecule has 0 unspecified atom stereocenters. The molecule has 0 spiro atoms. The van der Waals surface area contributed by atoms with Crippen LogP contribution in [0.1, 0.15) is 27.8 Å². The molecule has 184 valence electrons. The van der Waals surface area contributed by atoms with Crippen LogP contribution in [-0.2, 0) is 30.0 Å². The van der Waals surface area contributed by atoms with Crippen LogP contribution in [0.4, 0.5) is 42.5 Å². The third-order valence-electron chi connectivity index (χ3n) is 4.97. The van der Waals surface area contributed by atoms with Crippen molar-refractivity contribution in [3.8, 4) is 0 Å². The summed E-state index contributed by atoms with van der Waals surface area (Å²) in [6.45, 7) is 1.89. The molecule has 35 heavy (non-hydrogen) atoms. The number of anilines is 2. The van der Waals surface area contributed by atoms with Gasteiger partial charge in [-0.15, -0.1) is 0 Å². The number of rotatable bonds is 6. The summed E-state index contributed by atoms with van der Waals surface area (Å²) < 4.78 is 78.1. The Labute approximate surface area is 197 Å². The van der Waals surface area contributed by atoms with Crippen LogP contribution >= 0.6 is 0 Å². The van der Waals surface area contributed by atoms with E-state index in [4.69, 9.17) is 0 Å². The number of halogens is 6. The van der Waals surface area contributed by atoms with Crippen molar-refractivity contribution in [2.75, 3.05) is 10.6 Å². The van der Waals surface area contributed by atoms with E-state index in [1.165, 1.54) is 6.07 Å². The smallest absolute Gasteiger partial charge is 0.308 e. The van der Waals surface area contributed by atoms with Gasteiger partial charge in [0.15, 0.2) is 0 Å². The molecule has 0 aliphatic carbocycles. The Bertz CT molecular complexity index is 1200. The van der Waals surface area contributed by atoms with Crippen molar-refractivity contribution in [1.29, 1.82) is 0 Å². The van der Waals surface area contributed by atoms with Crippen molar-refractivity contribution in [3.05, 3.63) is 94.5 Å². The number of Topliss-reactive ketones (excluding diaryl/α,β-unsaturated/α-hetero) is 1. The zero-order valence-corrected chi connectivity index (χ0v) is 18.3. The average molecular weight is 494 g/mol. The normalized spacial score (nSPS) is 11.7. The number of benzene rings is 3. The zero-order valence-electron chi connectivity index (χ0n) is 18.3. The van der Waals surface area contributed by atoms with Crippen molar-refractivity contribution in [2.24, 2.45) is 0 Å². The highest BCUT2D eigenvalue weighted by Gasteiger charge is 2.32. The molecule has 0 saturated carbocycles. The quantitative estimate of drug-likeness (QED) is 0.362. The van der Waals surface area contributed by atoms with Gasteiger partial charge in [-0.05, 0) is 60.5 Å². The first kappa shape index (κ1) is 25.8. The van der Waals surface area contributed by atoms with Crippen molar-refractivity contribution >= 4 is 23.2 Å². The molecule has 0 saturated heterocycles. The molecule has 0 aliphatic heterocycles. The predicted molar refractivity (Wildman–Crippen MR) is 119 cm³/mol. The monoisotopic (exact) mass is 494 g/mol. The number of carbonyl (C=O) groups is 2. The maximum Gasteiger partial charge on any atom is 0.416 e. The van der Waals surface area contributed by atoms with Gasteiger partial charge in [-0.3, -0.25) is 4.79 Å². The molecule has 10 heteroatoms. The molecular formula is C25H20F6N2O2. The fourth-order valence-electron chi connectivity index (χ4n) is 3.29. The minimum Gasteiger partial charge on any atom is -0.308 e. The number of alkyl halides is 6. The van der Waals surface area contributed by atoms with Crippen LogP contribution in [0.25, 0.3) is 0 Å². The Morgan fingerprint density at radius 1 is 0.657 bits per heavy atom. The molecule has 0 radical (unpaired) electrons. The lowest BCUT2D eigenvalue weighted by Gasteiger charge is -2.14. The number of ketones is 1. The summed E-state index contributed by atoms with van der Waals surface area (Å²) in [6, 6.07) is 12.6. The van der Waals surface area contributed by atoms with Crippen molar-refractivity contribution in [1.82, 2.24) is 0 Å². The number of aryl methyl sites for hydroxylation is 1. The second-order valence-electron chi connectivity index (χ2n) is 7.95. The maximum atomic E-state index is 13.4. The van der Waals surface area contributed by atoms with Crippen LogP contribution in [0.2, 0.25) is 0 Å². The van der Waals surface area contributed by atoms with Crippen molar-refractivity contribution in [2.45, 2.75) is 32.1 Å². The topological polar surface area (TPSA) is 58.2 Å². The second-order valence-corrected chi connectivity index (χ2v) is 7.95. The molecule has 0 fully saturated rings.